The standard InChI is InChI=1S/C38H45N5O4/c1-5-23-47-33-15-16-35-34(26-33)37(31-13-11-30(12-14-31)28(2)3)40-38(45)43(35)27-29-8-6-9-32(25-29)39-36(44)10-7-17-41-18-20-42(21-19-41)22-24-46-4/h1,6,8-9,11-16,25-26,28H,7,10,17-24,27H2,2-4H3,(H,39,44). The number of rotatable bonds is 14. The third-order valence-electron chi connectivity index (χ3n) is 8.63. The third kappa shape index (κ3) is 9.07. The molecule has 1 N–H and O–H groups in total. The predicted octanol–water partition coefficient (Wildman–Crippen LogP) is 5.23. The van der Waals surface area contributed by atoms with E-state index in [1.165, 1.54) is 5.56 Å². The first-order valence-electron chi connectivity index (χ1n) is 16.4. The first-order chi connectivity index (χ1) is 22.8. The number of carbonyl (C=O) groups is 1. The highest BCUT2D eigenvalue weighted by Crippen LogP contribution is 2.30. The van der Waals surface area contributed by atoms with Gasteiger partial charge in [0.2, 0.25) is 5.91 Å². The van der Waals surface area contributed by atoms with E-state index >= 15 is 0 Å². The molecule has 0 radical (unpaired) electrons. The molecule has 1 aliphatic rings. The maximum Gasteiger partial charge on any atom is 0.348 e. The van der Waals surface area contributed by atoms with Crippen molar-refractivity contribution in [3.05, 3.63) is 88.3 Å². The van der Waals surface area contributed by atoms with E-state index in [1.54, 1.807) is 11.7 Å². The zero-order chi connectivity index (χ0) is 33.2. The fourth-order valence-electron chi connectivity index (χ4n) is 5.95. The Kier molecular flexibility index (Phi) is 11.8. The van der Waals surface area contributed by atoms with Crippen molar-refractivity contribution in [1.82, 2.24) is 19.4 Å². The molecule has 4 aromatic rings. The second-order valence-corrected chi connectivity index (χ2v) is 12.3. The van der Waals surface area contributed by atoms with E-state index in [2.05, 4.69) is 52.0 Å². The van der Waals surface area contributed by atoms with Crippen LogP contribution in [0.4, 0.5) is 5.69 Å². The second-order valence-electron chi connectivity index (χ2n) is 12.3. The number of methoxy groups -OCH3 is 1. The van der Waals surface area contributed by atoms with Gasteiger partial charge in [-0.1, -0.05) is 56.2 Å². The van der Waals surface area contributed by atoms with Crippen molar-refractivity contribution >= 4 is 22.5 Å². The number of nitrogens with zero attached hydrogens (tertiary/aromatic N) is 4. The molecule has 9 heteroatoms. The Balaban J connectivity index is 1.28. The van der Waals surface area contributed by atoms with Crippen molar-refractivity contribution in [2.45, 2.75) is 39.2 Å². The number of ether oxygens (including phenoxy) is 2. The van der Waals surface area contributed by atoms with Crippen LogP contribution in [0.5, 0.6) is 5.75 Å². The quantitative estimate of drug-likeness (QED) is 0.190. The van der Waals surface area contributed by atoms with Gasteiger partial charge in [0.05, 0.1) is 24.4 Å². The molecule has 1 amide bonds. The molecule has 9 nitrogen and oxygen atoms in total. The minimum atomic E-state index is -0.355. The molecule has 47 heavy (non-hydrogen) atoms. The molecule has 0 spiro atoms. The number of aromatic nitrogens is 2. The Bertz CT molecular complexity index is 1750. The van der Waals surface area contributed by atoms with Gasteiger partial charge in [-0.15, -0.1) is 6.42 Å². The van der Waals surface area contributed by atoms with Gasteiger partial charge in [0, 0.05) is 62.9 Å². The summed E-state index contributed by atoms with van der Waals surface area (Å²) >= 11 is 0. The zero-order valence-electron chi connectivity index (χ0n) is 27.7. The summed E-state index contributed by atoms with van der Waals surface area (Å²) in [5.41, 5.74) is 4.62. The fourth-order valence-corrected chi connectivity index (χ4v) is 5.95. The second kappa shape index (κ2) is 16.4. The molecule has 1 fully saturated rings. The lowest BCUT2D eigenvalue weighted by Gasteiger charge is -2.34. The van der Waals surface area contributed by atoms with Crippen LogP contribution in [0.2, 0.25) is 0 Å². The SMILES string of the molecule is C#CCOc1ccc2c(c1)c(-c1ccc(C(C)C)cc1)nc(=O)n2Cc1cccc(NC(=O)CCCN2CCN(CCOC)CC2)c1. The van der Waals surface area contributed by atoms with Crippen molar-refractivity contribution < 1.29 is 14.3 Å². The minimum Gasteiger partial charge on any atom is -0.481 e. The van der Waals surface area contributed by atoms with Crippen LogP contribution in [0.3, 0.4) is 0 Å². The van der Waals surface area contributed by atoms with Crippen LogP contribution in [0.1, 0.15) is 43.7 Å². The summed E-state index contributed by atoms with van der Waals surface area (Å²) in [5.74, 6) is 3.49. The van der Waals surface area contributed by atoms with E-state index in [4.69, 9.17) is 15.9 Å². The number of benzene rings is 3. The summed E-state index contributed by atoms with van der Waals surface area (Å²) < 4.78 is 12.6. The number of hydrogen-bond donors (Lipinski definition) is 1. The molecule has 0 aliphatic carbocycles. The maximum absolute atomic E-state index is 13.6. The first kappa shape index (κ1) is 33.9. The van der Waals surface area contributed by atoms with Crippen molar-refractivity contribution in [3.63, 3.8) is 0 Å². The van der Waals surface area contributed by atoms with Gasteiger partial charge in [0.15, 0.2) is 0 Å². The monoisotopic (exact) mass is 635 g/mol. The number of amides is 1. The Morgan fingerprint density at radius 2 is 1.74 bits per heavy atom. The van der Waals surface area contributed by atoms with E-state index in [0.29, 0.717) is 36.0 Å². The third-order valence-corrected chi connectivity index (χ3v) is 8.63. The average molecular weight is 636 g/mol. The van der Waals surface area contributed by atoms with Crippen LogP contribution in [0.25, 0.3) is 22.2 Å². The number of piperazine rings is 1. The maximum atomic E-state index is 13.6. The van der Waals surface area contributed by atoms with Crippen molar-refractivity contribution in [3.8, 4) is 29.4 Å². The lowest BCUT2D eigenvalue weighted by molar-refractivity contribution is -0.116. The lowest BCUT2D eigenvalue weighted by atomic mass is 9.99. The minimum absolute atomic E-state index is 0.0162. The predicted molar refractivity (Wildman–Crippen MR) is 188 cm³/mol. The van der Waals surface area contributed by atoms with Gasteiger partial charge in [0.1, 0.15) is 12.4 Å². The number of nitrogens with one attached hydrogen (secondary N) is 1. The van der Waals surface area contributed by atoms with E-state index in [0.717, 1.165) is 74.3 Å². The molecule has 0 atom stereocenters. The molecule has 246 valence electrons. The number of fused-ring (bicyclic) bond motifs is 1. The van der Waals surface area contributed by atoms with Crippen molar-refractivity contribution in [2.75, 3.05) is 64.9 Å². The molecule has 2 heterocycles. The average Bonchev–Trinajstić information content (AvgIpc) is 3.08. The summed E-state index contributed by atoms with van der Waals surface area (Å²) in [5, 5.41) is 3.83. The van der Waals surface area contributed by atoms with E-state index in [1.807, 2.05) is 54.6 Å². The molecule has 3 aromatic carbocycles. The highest BCUT2D eigenvalue weighted by molar-refractivity contribution is 5.93. The normalized spacial score (nSPS) is 13.9. The molecule has 5 rings (SSSR count). The molecule has 0 bridgehead atoms. The lowest BCUT2D eigenvalue weighted by Crippen LogP contribution is -2.47. The zero-order valence-corrected chi connectivity index (χ0v) is 27.7. The van der Waals surface area contributed by atoms with E-state index in [-0.39, 0.29) is 18.2 Å². The van der Waals surface area contributed by atoms with Crippen LogP contribution < -0.4 is 15.7 Å². The van der Waals surface area contributed by atoms with Gasteiger partial charge >= 0.3 is 5.69 Å². The Hall–Kier alpha value is -4.49. The Morgan fingerprint density at radius 1 is 1.00 bits per heavy atom. The molecule has 0 saturated carbocycles. The molecule has 1 aromatic heterocycles. The summed E-state index contributed by atoms with van der Waals surface area (Å²) in [4.78, 5) is 35.8. The fraction of sp³-hybridized carbons (Fsp3) is 0.395. The highest BCUT2D eigenvalue weighted by atomic mass is 16.5. The van der Waals surface area contributed by atoms with Gasteiger partial charge in [-0.25, -0.2) is 4.79 Å². The number of hydrogen-bond acceptors (Lipinski definition) is 7. The molecule has 1 aliphatic heterocycles. The summed E-state index contributed by atoms with van der Waals surface area (Å²) in [7, 11) is 1.74. The van der Waals surface area contributed by atoms with E-state index < -0.39 is 0 Å². The van der Waals surface area contributed by atoms with E-state index in [9.17, 15) is 9.59 Å². The number of carbonyl (C=O) groups excluding carboxylic acids is 1. The van der Waals surface area contributed by atoms with Gasteiger partial charge in [-0.2, -0.15) is 4.98 Å². The molecular weight excluding hydrogens is 590 g/mol. The first-order valence-corrected chi connectivity index (χ1v) is 16.4. The Labute approximate surface area is 277 Å². The largest absolute Gasteiger partial charge is 0.481 e. The topological polar surface area (TPSA) is 88.9 Å². The molecule has 1 saturated heterocycles. The summed E-state index contributed by atoms with van der Waals surface area (Å²) in [6, 6.07) is 21.4. The Morgan fingerprint density at radius 3 is 2.45 bits per heavy atom. The molecular formula is C38H45N5O4. The van der Waals surface area contributed by atoms with Crippen LogP contribution in [-0.4, -0.2) is 84.9 Å². The highest BCUT2D eigenvalue weighted by Gasteiger charge is 2.17. The van der Waals surface area contributed by atoms with Gasteiger partial charge in [-0.3, -0.25) is 14.3 Å². The van der Waals surface area contributed by atoms with Gasteiger partial charge in [0.25, 0.3) is 0 Å². The van der Waals surface area contributed by atoms with Crippen LogP contribution >= 0.6 is 0 Å². The van der Waals surface area contributed by atoms with Crippen molar-refractivity contribution in [1.29, 1.82) is 0 Å². The molecule has 0 unspecified atom stereocenters. The van der Waals surface area contributed by atoms with Gasteiger partial charge < -0.3 is 19.7 Å². The van der Waals surface area contributed by atoms with Gasteiger partial charge in [-0.05, 0) is 60.3 Å². The number of terminal acetylenes is 1. The van der Waals surface area contributed by atoms with Crippen LogP contribution in [-0.2, 0) is 16.1 Å². The summed E-state index contributed by atoms with van der Waals surface area (Å²) in [6.45, 7) is 11.5. The number of anilines is 1. The van der Waals surface area contributed by atoms with Crippen LogP contribution in [0, 0.1) is 12.3 Å². The van der Waals surface area contributed by atoms with Crippen LogP contribution in [0.15, 0.2) is 71.5 Å². The van der Waals surface area contributed by atoms with Crippen molar-refractivity contribution in [2.24, 2.45) is 0 Å². The summed E-state index contributed by atoms with van der Waals surface area (Å²) in [6.07, 6.45) is 6.68. The smallest absolute Gasteiger partial charge is 0.348 e.